The number of aromatic nitrogens is 1. The fourth-order valence-corrected chi connectivity index (χ4v) is 10.2. The van der Waals surface area contributed by atoms with Crippen molar-refractivity contribution in [3.05, 3.63) is 143 Å². The summed E-state index contributed by atoms with van der Waals surface area (Å²) in [7, 11) is 0. The van der Waals surface area contributed by atoms with Crippen molar-refractivity contribution in [1.82, 2.24) is 4.98 Å². The molecule has 240 valence electrons. The summed E-state index contributed by atoms with van der Waals surface area (Å²) in [6, 6.07) is 43.7. The van der Waals surface area contributed by atoms with Gasteiger partial charge in [-0.25, -0.2) is 4.98 Å². The van der Waals surface area contributed by atoms with Crippen LogP contribution in [-0.2, 0) is 10.8 Å². The maximum atomic E-state index is 5.73. The number of rotatable bonds is 1. The van der Waals surface area contributed by atoms with Gasteiger partial charge in [0, 0.05) is 38.7 Å². The van der Waals surface area contributed by atoms with Gasteiger partial charge >= 0.3 is 0 Å². The van der Waals surface area contributed by atoms with E-state index in [1.807, 2.05) is 0 Å². The van der Waals surface area contributed by atoms with E-state index in [-0.39, 0.29) is 23.5 Å². The molecule has 0 spiro atoms. The maximum absolute atomic E-state index is 5.73. The second-order valence-corrected chi connectivity index (χ2v) is 16.1. The minimum atomic E-state index is -0.162. The van der Waals surface area contributed by atoms with Crippen LogP contribution >= 0.6 is 0 Å². The average molecular weight is 644 g/mol. The van der Waals surface area contributed by atoms with Crippen molar-refractivity contribution in [1.29, 1.82) is 0 Å². The second-order valence-electron chi connectivity index (χ2n) is 16.1. The highest BCUT2D eigenvalue weighted by Crippen LogP contribution is 2.58. The van der Waals surface area contributed by atoms with Gasteiger partial charge in [0.25, 0.3) is 6.71 Å². The number of nitrogens with zero attached hydrogens (tertiary/aromatic N) is 3. The standard InChI is InChI=1S/C46H38BN3/c1-26(2)40-28-16-8-7-15-27(28)29-25-38-39-44(41(29)48-40)50-37-24-12-10-18-31(37)46(5,6)33-20-14-22-35(43(33)50)47(39)34-21-13-19-32-42(34)49(38)36-23-11-9-17-30(36)45(32,3)4/h7-26H,1-6H3. The fourth-order valence-electron chi connectivity index (χ4n) is 10.2. The van der Waals surface area contributed by atoms with Crippen molar-refractivity contribution >= 4 is 78.9 Å². The molecule has 0 bridgehead atoms. The summed E-state index contributed by atoms with van der Waals surface area (Å²) >= 11 is 0. The average Bonchev–Trinajstić information content (AvgIpc) is 3.13. The number of anilines is 6. The highest BCUT2D eigenvalue weighted by Gasteiger charge is 2.51. The summed E-state index contributed by atoms with van der Waals surface area (Å²) in [5.74, 6) is 0.279. The Morgan fingerprint density at radius 1 is 0.520 bits per heavy atom. The highest BCUT2D eigenvalue weighted by atomic mass is 15.2. The molecule has 4 aliphatic rings. The molecular weight excluding hydrogens is 605 g/mol. The molecule has 5 heterocycles. The van der Waals surface area contributed by atoms with E-state index in [0.717, 1.165) is 11.2 Å². The van der Waals surface area contributed by atoms with Gasteiger partial charge < -0.3 is 9.80 Å². The number of fused-ring (bicyclic) bond motifs is 12. The van der Waals surface area contributed by atoms with E-state index in [9.17, 15) is 0 Å². The van der Waals surface area contributed by atoms with Crippen molar-refractivity contribution in [3.8, 4) is 0 Å². The van der Waals surface area contributed by atoms with Crippen molar-refractivity contribution in [2.45, 2.75) is 58.3 Å². The van der Waals surface area contributed by atoms with Crippen LogP contribution in [0, 0.1) is 0 Å². The molecule has 0 fully saturated rings. The zero-order valence-electron chi connectivity index (χ0n) is 29.5. The molecule has 0 unspecified atom stereocenters. The fraction of sp³-hybridized carbons (Fsp3) is 0.196. The van der Waals surface area contributed by atoms with E-state index in [1.165, 1.54) is 88.9 Å². The summed E-state index contributed by atoms with van der Waals surface area (Å²) in [5, 5.41) is 3.73. The molecular formula is C46H38BN3. The monoisotopic (exact) mass is 643 g/mol. The van der Waals surface area contributed by atoms with Gasteiger partial charge in [-0.05, 0) is 68.1 Å². The minimum Gasteiger partial charge on any atom is -0.311 e. The summed E-state index contributed by atoms with van der Waals surface area (Å²) in [4.78, 5) is 11.0. The van der Waals surface area contributed by atoms with Gasteiger partial charge in [0.05, 0.1) is 28.3 Å². The Morgan fingerprint density at radius 2 is 1.04 bits per heavy atom. The van der Waals surface area contributed by atoms with Crippen LogP contribution in [0.3, 0.4) is 0 Å². The summed E-state index contributed by atoms with van der Waals surface area (Å²) in [6.07, 6.45) is 0. The van der Waals surface area contributed by atoms with E-state index >= 15 is 0 Å². The van der Waals surface area contributed by atoms with Crippen molar-refractivity contribution in [3.63, 3.8) is 0 Å². The van der Waals surface area contributed by atoms with Crippen LogP contribution in [0.4, 0.5) is 34.1 Å². The van der Waals surface area contributed by atoms with Crippen LogP contribution < -0.4 is 26.2 Å². The molecule has 0 radical (unpaired) electrons. The largest absolute Gasteiger partial charge is 0.311 e. The van der Waals surface area contributed by atoms with E-state index in [4.69, 9.17) is 4.98 Å². The number of benzene rings is 6. The van der Waals surface area contributed by atoms with Crippen LogP contribution in [0.5, 0.6) is 0 Å². The van der Waals surface area contributed by atoms with Gasteiger partial charge in [-0.15, -0.1) is 0 Å². The zero-order valence-corrected chi connectivity index (χ0v) is 29.5. The Balaban J connectivity index is 1.40. The summed E-state index contributed by atoms with van der Waals surface area (Å²) in [5.41, 5.74) is 19.2. The van der Waals surface area contributed by atoms with Gasteiger partial charge in [-0.3, -0.25) is 0 Å². The highest BCUT2D eigenvalue weighted by molar-refractivity contribution is 7.00. The van der Waals surface area contributed by atoms with Crippen molar-refractivity contribution in [2.75, 3.05) is 9.80 Å². The molecule has 0 N–H and O–H groups in total. The number of hydrogen-bond acceptors (Lipinski definition) is 3. The lowest BCUT2D eigenvalue weighted by molar-refractivity contribution is 0.632. The quantitative estimate of drug-likeness (QED) is 0.131. The van der Waals surface area contributed by atoms with Crippen LogP contribution in [-0.4, -0.2) is 11.7 Å². The predicted octanol–water partition coefficient (Wildman–Crippen LogP) is 9.87. The lowest BCUT2D eigenvalue weighted by Crippen LogP contribution is -2.63. The first-order valence-corrected chi connectivity index (χ1v) is 18.1. The number of para-hydroxylation sites is 4. The Morgan fingerprint density at radius 3 is 1.66 bits per heavy atom. The third-order valence-corrected chi connectivity index (χ3v) is 12.5. The smallest absolute Gasteiger partial charge is 0.252 e. The molecule has 0 amide bonds. The van der Waals surface area contributed by atoms with Crippen molar-refractivity contribution < 1.29 is 0 Å². The molecule has 0 atom stereocenters. The molecule has 0 aliphatic carbocycles. The predicted molar refractivity (Wildman–Crippen MR) is 212 cm³/mol. The molecule has 4 heteroatoms. The zero-order chi connectivity index (χ0) is 33.8. The van der Waals surface area contributed by atoms with E-state index in [0.29, 0.717) is 0 Å². The third-order valence-electron chi connectivity index (χ3n) is 12.5. The van der Waals surface area contributed by atoms with Crippen LogP contribution in [0.2, 0.25) is 0 Å². The first-order chi connectivity index (χ1) is 24.2. The minimum absolute atomic E-state index is 0.0692. The Bertz CT molecular complexity index is 2660. The van der Waals surface area contributed by atoms with Gasteiger partial charge in [-0.1, -0.05) is 139 Å². The lowest BCUT2D eigenvalue weighted by atomic mass is 9.32. The van der Waals surface area contributed by atoms with Gasteiger partial charge in [0.15, 0.2) is 0 Å². The third kappa shape index (κ3) is 3.22. The number of pyridine rings is 1. The normalized spacial score (nSPS) is 16.6. The van der Waals surface area contributed by atoms with E-state index in [2.05, 4.69) is 167 Å². The van der Waals surface area contributed by atoms with Crippen LogP contribution in [0.1, 0.15) is 75.4 Å². The molecule has 3 nitrogen and oxygen atoms in total. The second kappa shape index (κ2) is 9.25. The van der Waals surface area contributed by atoms with Crippen molar-refractivity contribution in [2.24, 2.45) is 0 Å². The lowest BCUT2D eigenvalue weighted by Gasteiger charge is -2.52. The Kier molecular flexibility index (Phi) is 5.27. The first-order valence-electron chi connectivity index (χ1n) is 18.1. The van der Waals surface area contributed by atoms with Crippen LogP contribution in [0.15, 0.2) is 115 Å². The first kappa shape index (κ1) is 28.5. The molecule has 4 aliphatic heterocycles. The SMILES string of the molecule is CC(C)c1nc2c3c4c(cc2c2ccccc12)N1c2ccccc2C(C)(C)c2cccc(c21)B4c1cccc2c1N3c1ccccc1C2(C)C. The summed E-state index contributed by atoms with van der Waals surface area (Å²) in [6.45, 7) is 14.2. The van der Waals surface area contributed by atoms with Gasteiger partial charge in [-0.2, -0.15) is 0 Å². The van der Waals surface area contributed by atoms with Crippen LogP contribution in [0.25, 0.3) is 21.7 Å². The number of hydrogen-bond donors (Lipinski definition) is 0. The Labute approximate surface area is 294 Å². The van der Waals surface area contributed by atoms with E-state index < -0.39 is 0 Å². The molecule has 6 aromatic carbocycles. The molecule has 7 aromatic rings. The van der Waals surface area contributed by atoms with E-state index in [1.54, 1.807) is 0 Å². The maximum Gasteiger partial charge on any atom is 0.252 e. The molecule has 11 rings (SSSR count). The molecule has 0 saturated carbocycles. The molecule has 50 heavy (non-hydrogen) atoms. The molecule has 1 aromatic heterocycles. The topological polar surface area (TPSA) is 19.4 Å². The Hall–Kier alpha value is -5.35. The van der Waals surface area contributed by atoms with Gasteiger partial charge in [0.2, 0.25) is 0 Å². The van der Waals surface area contributed by atoms with Gasteiger partial charge in [0.1, 0.15) is 0 Å². The molecule has 0 saturated heterocycles. The summed E-state index contributed by atoms with van der Waals surface area (Å²) < 4.78 is 0.